The predicted octanol–water partition coefficient (Wildman–Crippen LogP) is 2.34. The summed E-state index contributed by atoms with van der Waals surface area (Å²) in [7, 11) is 0. The van der Waals surface area contributed by atoms with Gasteiger partial charge in [-0.1, -0.05) is 44.2 Å². The summed E-state index contributed by atoms with van der Waals surface area (Å²) in [4.78, 5) is 49.0. The van der Waals surface area contributed by atoms with E-state index in [1.54, 1.807) is 51.1 Å². The molecule has 0 heterocycles. The Morgan fingerprint density at radius 3 is 1.98 bits per heavy atom. The average Bonchev–Trinajstić information content (AvgIpc) is 2.90. The number of hydrogen-bond acceptors (Lipinski definition) is 6. The molecule has 4 amide bonds. The molecule has 13 heteroatoms. The quantitative estimate of drug-likeness (QED) is 0.259. The predicted molar refractivity (Wildman–Crippen MR) is 153 cm³/mol. The third kappa shape index (κ3) is 16.2. The van der Waals surface area contributed by atoms with Gasteiger partial charge in [0.25, 0.3) is 0 Å². The van der Waals surface area contributed by atoms with E-state index < -0.39 is 53.6 Å². The van der Waals surface area contributed by atoms with E-state index in [1.807, 2.05) is 13.8 Å². The number of carbonyl (C=O) groups excluding carboxylic acids is 4. The lowest BCUT2D eigenvalue weighted by molar-refractivity contribution is -0.130. The molecular formula is C29H42F2N4O7. The molecule has 234 valence electrons. The summed E-state index contributed by atoms with van der Waals surface area (Å²) in [5, 5.41) is 10.2. The number of ether oxygens (including phenoxy) is 2. The van der Waals surface area contributed by atoms with E-state index in [4.69, 9.17) is 9.47 Å². The van der Waals surface area contributed by atoms with Crippen molar-refractivity contribution in [3.8, 4) is 0 Å². The topological polar surface area (TPSA) is 166 Å². The van der Waals surface area contributed by atoms with Gasteiger partial charge in [0.2, 0.25) is 17.7 Å². The Kier molecular flexibility index (Phi) is 17.9. The molecular weight excluding hydrogens is 554 g/mol. The Morgan fingerprint density at radius 1 is 0.833 bits per heavy atom. The van der Waals surface area contributed by atoms with Gasteiger partial charge in [-0.15, -0.1) is 0 Å². The minimum Gasteiger partial charge on any atom is -0.444 e. The molecule has 42 heavy (non-hydrogen) atoms. The Balaban J connectivity index is 0.00000548. The van der Waals surface area contributed by atoms with Crippen molar-refractivity contribution in [1.82, 2.24) is 21.3 Å². The first-order chi connectivity index (χ1) is 19.4. The maximum absolute atomic E-state index is 13.3. The van der Waals surface area contributed by atoms with Crippen LogP contribution in [0.25, 0.3) is 0 Å². The largest absolute Gasteiger partial charge is 0.444 e. The first kappa shape index (κ1) is 37.9. The lowest BCUT2D eigenvalue weighted by Crippen LogP contribution is -2.45. The summed E-state index contributed by atoms with van der Waals surface area (Å²) in [6.45, 7) is 9.56. The first-order valence-corrected chi connectivity index (χ1v) is 13.3. The zero-order valence-corrected chi connectivity index (χ0v) is 24.6. The smallest absolute Gasteiger partial charge is 0.407 e. The minimum absolute atomic E-state index is 0. The fourth-order valence-corrected chi connectivity index (χ4v) is 3.29. The zero-order chi connectivity index (χ0) is 30.8. The van der Waals surface area contributed by atoms with Crippen LogP contribution in [-0.4, -0.2) is 67.7 Å². The van der Waals surface area contributed by atoms with Gasteiger partial charge in [-0.3, -0.25) is 14.4 Å². The van der Waals surface area contributed by atoms with Gasteiger partial charge in [-0.05, 0) is 44.0 Å². The number of amides is 4. The van der Waals surface area contributed by atoms with Crippen LogP contribution >= 0.6 is 0 Å². The van der Waals surface area contributed by atoms with E-state index in [2.05, 4.69) is 21.3 Å². The highest BCUT2D eigenvalue weighted by molar-refractivity contribution is 5.91. The molecule has 11 nitrogen and oxygen atoms in total. The third-order valence-electron chi connectivity index (χ3n) is 4.89. The number of nitrogens with one attached hydrogen (secondary N) is 4. The van der Waals surface area contributed by atoms with Crippen molar-refractivity contribution in [3.05, 3.63) is 71.3 Å². The van der Waals surface area contributed by atoms with Gasteiger partial charge in [0, 0.05) is 19.2 Å². The highest BCUT2D eigenvalue weighted by Crippen LogP contribution is 2.13. The van der Waals surface area contributed by atoms with Gasteiger partial charge in [0.05, 0.1) is 26.2 Å². The summed E-state index contributed by atoms with van der Waals surface area (Å²) < 4.78 is 37.1. The average molecular weight is 597 g/mol. The number of benzene rings is 2. The van der Waals surface area contributed by atoms with Crippen LogP contribution in [0.1, 0.15) is 51.8 Å². The highest BCUT2D eigenvalue weighted by atomic mass is 19.1. The normalized spacial score (nSPS) is 11.0. The Labute approximate surface area is 245 Å². The van der Waals surface area contributed by atoms with E-state index in [-0.39, 0.29) is 43.8 Å². The van der Waals surface area contributed by atoms with Gasteiger partial charge in [0.15, 0.2) is 0 Å². The van der Waals surface area contributed by atoms with Crippen LogP contribution in [0, 0.1) is 11.6 Å². The highest BCUT2D eigenvalue weighted by Gasteiger charge is 2.22. The molecule has 0 aliphatic carbocycles. The fraction of sp³-hybridized carbons (Fsp3) is 0.448. The van der Waals surface area contributed by atoms with Crippen molar-refractivity contribution in [2.75, 3.05) is 32.8 Å². The van der Waals surface area contributed by atoms with Gasteiger partial charge >= 0.3 is 6.09 Å². The van der Waals surface area contributed by atoms with Gasteiger partial charge in [0.1, 0.15) is 23.3 Å². The van der Waals surface area contributed by atoms with Crippen molar-refractivity contribution < 1.29 is 42.9 Å². The molecule has 0 fully saturated rings. The van der Waals surface area contributed by atoms with Crippen LogP contribution in [0.3, 0.4) is 0 Å². The number of alkyl carbamates (subject to hydrolysis) is 1. The molecule has 0 aromatic heterocycles. The van der Waals surface area contributed by atoms with E-state index in [0.29, 0.717) is 11.6 Å². The summed E-state index contributed by atoms with van der Waals surface area (Å²) in [6.07, 6.45) is -0.877. The molecule has 0 bridgehead atoms. The van der Waals surface area contributed by atoms with Gasteiger partial charge in [-0.25, -0.2) is 13.6 Å². The lowest BCUT2D eigenvalue weighted by atomic mass is 10.1. The fourth-order valence-electron chi connectivity index (χ4n) is 3.29. The number of halogens is 2. The van der Waals surface area contributed by atoms with Crippen LogP contribution in [0.4, 0.5) is 13.6 Å². The maximum Gasteiger partial charge on any atom is 0.407 e. The van der Waals surface area contributed by atoms with Gasteiger partial charge in [-0.2, -0.15) is 0 Å². The second kappa shape index (κ2) is 19.9. The molecule has 0 saturated heterocycles. The summed E-state index contributed by atoms with van der Waals surface area (Å²) >= 11 is 0. The van der Waals surface area contributed by atoms with Crippen LogP contribution in [-0.2, 0) is 30.3 Å². The second-order valence-electron chi connectivity index (χ2n) is 9.47. The molecule has 0 spiro atoms. The second-order valence-corrected chi connectivity index (χ2v) is 9.47. The van der Waals surface area contributed by atoms with Crippen molar-refractivity contribution in [2.45, 2.75) is 52.7 Å². The molecule has 2 aromatic carbocycles. The van der Waals surface area contributed by atoms with Crippen molar-refractivity contribution >= 4 is 23.8 Å². The van der Waals surface area contributed by atoms with Crippen molar-refractivity contribution in [1.29, 1.82) is 0 Å². The van der Waals surface area contributed by atoms with Crippen molar-refractivity contribution in [3.63, 3.8) is 0 Å². The van der Waals surface area contributed by atoms with E-state index in [1.165, 1.54) is 0 Å². The van der Waals surface area contributed by atoms with Crippen LogP contribution in [0.2, 0.25) is 0 Å². The molecule has 2 aromatic rings. The van der Waals surface area contributed by atoms with E-state index in [0.717, 1.165) is 12.1 Å². The lowest BCUT2D eigenvalue weighted by Gasteiger charge is -2.20. The number of rotatable bonds is 13. The zero-order valence-electron chi connectivity index (χ0n) is 24.6. The molecule has 0 aliphatic heterocycles. The molecule has 1 unspecified atom stereocenters. The maximum atomic E-state index is 13.3. The van der Waals surface area contributed by atoms with E-state index >= 15 is 0 Å². The SMILES string of the molecule is CC.CC(C)(C)OC(=O)NCCOCCNC(=O)C(NC(=O)CNC(=O)Cc1cc(F)cc(F)c1)c1ccccc1.O. The summed E-state index contributed by atoms with van der Waals surface area (Å²) in [6, 6.07) is 10.2. The standard InChI is InChI=1S/C27H34F2N4O6.C2H6.H2O/c1-27(2,3)39-26(37)31-10-12-38-11-9-30-25(36)24(19-7-5-4-6-8-19)33-23(35)17-32-22(34)15-18-13-20(28)16-21(29)14-18;1-2;/h4-8,13-14,16,24H,9-12,15,17H2,1-3H3,(H,30,36)(H,31,37)(H,32,34)(H,33,35);1-2H3;1H2. The monoisotopic (exact) mass is 596 g/mol. The molecule has 2 rings (SSSR count). The van der Waals surface area contributed by atoms with E-state index in [9.17, 15) is 28.0 Å². The first-order valence-electron chi connectivity index (χ1n) is 13.3. The molecule has 0 saturated carbocycles. The van der Waals surface area contributed by atoms with Crippen LogP contribution in [0.15, 0.2) is 48.5 Å². The van der Waals surface area contributed by atoms with Gasteiger partial charge < -0.3 is 36.2 Å². The Morgan fingerprint density at radius 2 is 1.40 bits per heavy atom. The Bertz CT molecular complexity index is 1110. The molecule has 0 aliphatic rings. The van der Waals surface area contributed by atoms with Crippen LogP contribution in [0.5, 0.6) is 0 Å². The molecule has 0 radical (unpaired) electrons. The van der Waals surface area contributed by atoms with Crippen molar-refractivity contribution in [2.24, 2.45) is 0 Å². The minimum atomic E-state index is -1.04. The van der Waals surface area contributed by atoms with Crippen LogP contribution < -0.4 is 21.3 Å². The summed E-state index contributed by atoms with van der Waals surface area (Å²) in [5.41, 5.74) is 0.0388. The number of carbonyl (C=O) groups is 4. The number of hydrogen-bond donors (Lipinski definition) is 4. The Hall–Kier alpha value is -4.10. The molecule has 6 N–H and O–H groups in total. The summed E-state index contributed by atoms with van der Waals surface area (Å²) in [5.74, 6) is -3.37. The molecule has 1 atom stereocenters. The third-order valence-corrected chi connectivity index (χ3v) is 4.89.